The van der Waals surface area contributed by atoms with Gasteiger partial charge in [-0.1, -0.05) is 0 Å². The molecule has 1 aromatic heterocycles. The molecule has 4 nitrogen and oxygen atoms in total. The summed E-state index contributed by atoms with van der Waals surface area (Å²) in [5.74, 6) is 1.81. The molecule has 1 aliphatic heterocycles. The lowest BCUT2D eigenvalue weighted by Gasteiger charge is -2.26. The highest BCUT2D eigenvalue weighted by molar-refractivity contribution is 5.05. The van der Waals surface area contributed by atoms with Crippen LogP contribution in [0.3, 0.4) is 0 Å². The number of hydrogen-bond donors (Lipinski definition) is 2. The lowest BCUT2D eigenvalue weighted by Crippen LogP contribution is -2.38. The third-order valence-electron chi connectivity index (χ3n) is 3.66. The lowest BCUT2D eigenvalue weighted by molar-refractivity contribution is 0.243. The molecule has 0 aliphatic carbocycles. The van der Waals surface area contributed by atoms with Gasteiger partial charge < -0.3 is 15.1 Å². The van der Waals surface area contributed by atoms with Gasteiger partial charge in [-0.25, -0.2) is 0 Å². The molecule has 2 unspecified atom stereocenters. The van der Waals surface area contributed by atoms with E-state index in [1.807, 2.05) is 6.07 Å². The molecule has 0 spiro atoms. The maximum absolute atomic E-state index is 5.51. The number of piperidine rings is 1. The van der Waals surface area contributed by atoms with E-state index in [0.717, 1.165) is 31.3 Å². The molecule has 102 valence electrons. The van der Waals surface area contributed by atoms with Gasteiger partial charge in [0, 0.05) is 6.54 Å². The van der Waals surface area contributed by atoms with E-state index in [1.54, 1.807) is 6.26 Å². The van der Waals surface area contributed by atoms with Crippen molar-refractivity contribution in [2.45, 2.75) is 18.9 Å². The van der Waals surface area contributed by atoms with Crippen LogP contribution in [-0.2, 0) is 0 Å². The fourth-order valence-corrected chi connectivity index (χ4v) is 2.54. The summed E-state index contributed by atoms with van der Waals surface area (Å²) in [6.07, 6.45) is 4.39. The van der Waals surface area contributed by atoms with Gasteiger partial charge in [-0.3, -0.25) is 4.90 Å². The monoisotopic (exact) mass is 251 g/mol. The summed E-state index contributed by atoms with van der Waals surface area (Å²) in [7, 11) is 4.19. The van der Waals surface area contributed by atoms with E-state index in [-0.39, 0.29) is 0 Å². The van der Waals surface area contributed by atoms with Gasteiger partial charge in [0.15, 0.2) is 0 Å². The third kappa shape index (κ3) is 3.83. The number of likely N-dealkylation sites (N-methyl/N-ethyl adjacent to an activating group) is 1. The van der Waals surface area contributed by atoms with Crippen LogP contribution in [0.4, 0.5) is 0 Å². The van der Waals surface area contributed by atoms with E-state index < -0.39 is 0 Å². The second-order valence-corrected chi connectivity index (χ2v) is 5.37. The SMILES string of the molecule is CN(C)C(CNCC1CCCNC1)c1ccco1. The summed E-state index contributed by atoms with van der Waals surface area (Å²) in [5, 5.41) is 7.04. The number of furan rings is 1. The zero-order valence-electron chi connectivity index (χ0n) is 11.5. The summed E-state index contributed by atoms with van der Waals surface area (Å²) in [5.41, 5.74) is 0. The Balaban J connectivity index is 1.76. The van der Waals surface area contributed by atoms with Crippen molar-refractivity contribution >= 4 is 0 Å². The highest BCUT2D eigenvalue weighted by Crippen LogP contribution is 2.17. The standard InChI is InChI=1S/C14H25N3O/c1-17(2)13(14-6-4-8-18-14)11-16-10-12-5-3-7-15-9-12/h4,6,8,12-13,15-16H,3,5,7,9-11H2,1-2H3. The lowest BCUT2D eigenvalue weighted by atomic mass is 9.99. The Morgan fingerprint density at radius 2 is 2.44 bits per heavy atom. The van der Waals surface area contributed by atoms with Crippen LogP contribution in [0.5, 0.6) is 0 Å². The molecule has 1 aliphatic rings. The van der Waals surface area contributed by atoms with Crippen molar-refractivity contribution in [3.63, 3.8) is 0 Å². The van der Waals surface area contributed by atoms with Crippen molar-refractivity contribution in [3.8, 4) is 0 Å². The zero-order chi connectivity index (χ0) is 12.8. The first kappa shape index (κ1) is 13.6. The number of rotatable bonds is 6. The molecule has 1 saturated heterocycles. The molecule has 0 amide bonds. The van der Waals surface area contributed by atoms with Crippen molar-refractivity contribution in [1.82, 2.24) is 15.5 Å². The minimum atomic E-state index is 0.316. The summed E-state index contributed by atoms with van der Waals surface area (Å²) < 4.78 is 5.51. The van der Waals surface area contributed by atoms with Crippen molar-refractivity contribution in [3.05, 3.63) is 24.2 Å². The average Bonchev–Trinajstić information content (AvgIpc) is 2.89. The first-order chi connectivity index (χ1) is 8.77. The quantitative estimate of drug-likeness (QED) is 0.803. The minimum absolute atomic E-state index is 0.316. The Bertz CT molecular complexity index is 318. The summed E-state index contributed by atoms with van der Waals surface area (Å²) in [6, 6.07) is 4.32. The van der Waals surface area contributed by atoms with E-state index in [1.165, 1.54) is 19.4 Å². The van der Waals surface area contributed by atoms with Gasteiger partial charge >= 0.3 is 0 Å². The second kappa shape index (κ2) is 6.92. The summed E-state index contributed by atoms with van der Waals surface area (Å²) in [4.78, 5) is 2.20. The van der Waals surface area contributed by atoms with E-state index in [4.69, 9.17) is 4.42 Å². The van der Waals surface area contributed by atoms with E-state index >= 15 is 0 Å². The first-order valence-corrected chi connectivity index (χ1v) is 6.88. The molecule has 0 saturated carbocycles. The Morgan fingerprint density at radius 1 is 1.56 bits per heavy atom. The van der Waals surface area contributed by atoms with Gasteiger partial charge in [-0.05, 0) is 64.6 Å². The number of nitrogens with one attached hydrogen (secondary N) is 2. The fraction of sp³-hybridized carbons (Fsp3) is 0.714. The van der Waals surface area contributed by atoms with Gasteiger partial charge in [-0.2, -0.15) is 0 Å². The number of nitrogens with zero attached hydrogens (tertiary/aromatic N) is 1. The average molecular weight is 251 g/mol. The highest BCUT2D eigenvalue weighted by Gasteiger charge is 2.18. The number of hydrogen-bond acceptors (Lipinski definition) is 4. The van der Waals surface area contributed by atoms with Gasteiger partial charge in [0.2, 0.25) is 0 Å². The molecule has 2 N–H and O–H groups in total. The summed E-state index contributed by atoms with van der Waals surface area (Å²) >= 11 is 0. The van der Waals surface area contributed by atoms with Gasteiger partial charge in [0.1, 0.15) is 5.76 Å². The predicted octanol–water partition coefficient (Wildman–Crippen LogP) is 1.47. The van der Waals surface area contributed by atoms with Crippen LogP contribution in [0.15, 0.2) is 22.8 Å². The molecule has 2 rings (SSSR count). The van der Waals surface area contributed by atoms with E-state index in [2.05, 4.69) is 35.7 Å². The molecule has 2 heterocycles. The van der Waals surface area contributed by atoms with Crippen molar-refractivity contribution in [1.29, 1.82) is 0 Å². The maximum atomic E-state index is 5.51. The van der Waals surface area contributed by atoms with Crippen molar-refractivity contribution in [2.24, 2.45) is 5.92 Å². The van der Waals surface area contributed by atoms with Crippen LogP contribution in [0.2, 0.25) is 0 Å². The minimum Gasteiger partial charge on any atom is -0.468 e. The predicted molar refractivity (Wildman–Crippen MR) is 73.6 cm³/mol. The van der Waals surface area contributed by atoms with E-state index in [0.29, 0.717) is 6.04 Å². The van der Waals surface area contributed by atoms with Crippen LogP contribution in [-0.4, -0.2) is 45.2 Å². The molecule has 1 aromatic rings. The van der Waals surface area contributed by atoms with Crippen LogP contribution >= 0.6 is 0 Å². The Labute approximate surface area is 110 Å². The topological polar surface area (TPSA) is 40.4 Å². The molecule has 0 bridgehead atoms. The van der Waals surface area contributed by atoms with Crippen LogP contribution in [0, 0.1) is 5.92 Å². The molecule has 4 heteroatoms. The normalized spacial score (nSPS) is 22.3. The first-order valence-electron chi connectivity index (χ1n) is 6.88. The van der Waals surface area contributed by atoms with Gasteiger partial charge in [0.25, 0.3) is 0 Å². The molecular formula is C14H25N3O. The second-order valence-electron chi connectivity index (χ2n) is 5.37. The van der Waals surface area contributed by atoms with Crippen LogP contribution < -0.4 is 10.6 Å². The maximum Gasteiger partial charge on any atom is 0.122 e. The highest BCUT2D eigenvalue weighted by atomic mass is 16.3. The molecular weight excluding hydrogens is 226 g/mol. The van der Waals surface area contributed by atoms with E-state index in [9.17, 15) is 0 Å². The third-order valence-corrected chi connectivity index (χ3v) is 3.66. The molecule has 0 aromatic carbocycles. The fourth-order valence-electron chi connectivity index (χ4n) is 2.54. The molecule has 1 fully saturated rings. The van der Waals surface area contributed by atoms with Crippen molar-refractivity contribution < 1.29 is 4.42 Å². The van der Waals surface area contributed by atoms with Gasteiger partial charge in [-0.15, -0.1) is 0 Å². The van der Waals surface area contributed by atoms with Crippen molar-refractivity contribution in [2.75, 3.05) is 40.3 Å². The van der Waals surface area contributed by atoms with Crippen LogP contribution in [0.1, 0.15) is 24.6 Å². The van der Waals surface area contributed by atoms with Crippen LogP contribution in [0.25, 0.3) is 0 Å². The van der Waals surface area contributed by atoms with Gasteiger partial charge in [0.05, 0.1) is 12.3 Å². The zero-order valence-corrected chi connectivity index (χ0v) is 11.5. The smallest absolute Gasteiger partial charge is 0.122 e. The molecule has 18 heavy (non-hydrogen) atoms. The molecule has 2 atom stereocenters. The Morgan fingerprint density at radius 3 is 3.06 bits per heavy atom. The summed E-state index contributed by atoms with van der Waals surface area (Å²) in [6.45, 7) is 4.37. The Kier molecular flexibility index (Phi) is 5.23. The Hall–Kier alpha value is -0.840. The largest absolute Gasteiger partial charge is 0.468 e. The molecule has 0 radical (unpaired) electrons.